The molecule has 0 spiro atoms. The van der Waals surface area contributed by atoms with Gasteiger partial charge in [-0.1, -0.05) is 80.0 Å². The SMILES string of the molecule is COc1cccc(PC2CCCCC2)c1-c1c(OC)cccc1PC1CCCCC1. The van der Waals surface area contributed by atoms with Crippen molar-refractivity contribution in [3.8, 4) is 22.6 Å². The van der Waals surface area contributed by atoms with Gasteiger partial charge in [-0.15, -0.1) is 0 Å². The monoisotopic (exact) mass is 442 g/mol. The third-order valence-corrected chi connectivity index (χ3v) is 10.1. The van der Waals surface area contributed by atoms with E-state index in [2.05, 4.69) is 36.4 Å². The molecule has 0 heterocycles. The van der Waals surface area contributed by atoms with E-state index in [0.29, 0.717) is 0 Å². The Kier molecular flexibility index (Phi) is 8.08. The van der Waals surface area contributed by atoms with Gasteiger partial charge in [0, 0.05) is 11.1 Å². The minimum Gasteiger partial charge on any atom is -0.496 e. The van der Waals surface area contributed by atoms with Gasteiger partial charge in [0.15, 0.2) is 0 Å². The van der Waals surface area contributed by atoms with Gasteiger partial charge < -0.3 is 9.47 Å². The lowest BCUT2D eigenvalue weighted by molar-refractivity contribution is 0.411. The van der Waals surface area contributed by atoms with Crippen LogP contribution in [-0.2, 0) is 0 Å². The first-order chi connectivity index (χ1) is 14.8. The van der Waals surface area contributed by atoms with Crippen LogP contribution >= 0.6 is 17.2 Å². The molecule has 2 aromatic carbocycles. The highest BCUT2D eigenvalue weighted by Gasteiger charge is 2.24. The predicted molar refractivity (Wildman–Crippen MR) is 135 cm³/mol. The Morgan fingerprint density at radius 3 is 1.37 bits per heavy atom. The first kappa shape index (κ1) is 22.1. The molecule has 4 heteroatoms. The Morgan fingerprint density at radius 2 is 1.00 bits per heavy atom. The molecule has 2 aliphatic carbocycles. The maximum atomic E-state index is 5.93. The molecule has 2 aromatic rings. The zero-order chi connectivity index (χ0) is 20.8. The Labute approximate surface area is 186 Å². The van der Waals surface area contributed by atoms with Crippen molar-refractivity contribution in [3.05, 3.63) is 36.4 Å². The maximum Gasteiger partial charge on any atom is 0.127 e. The molecule has 2 unspecified atom stereocenters. The molecule has 30 heavy (non-hydrogen) atoms. The number of ether oxygens (including phenoxy) is 2. The standard InChI is InChI=1S/C26H36O2P2/c1-27-21-15-9-17-23(29-19-11-5-3-6-12-19)25(21)26-22(28-2)16-10-18-24(26)30-20-13-7-4-8-14-20/h9-10,15-20,29-30H,3-8,11-14H2,1-2H3. The van der Waals surface area contributed by atoms with Gasteiger partial charge in [-0.25, -0.2) is 0 Å². The first-order valence-corrected chi connectivity index (χ1v) is 13.8. The normalized spacial score (nSPS) is 19.1. The van der Waals surface area contributed by atoms with Gasteiger partial charge >= 0.3 is 0 Å². The van der Waals surface area contributed by atoms with Gasteiger partial charge in [-0.2, -0.15) is 0 Å². The van der Waals surface area contributed by atoms with E-state index in [1.807, 2.05) is 14.2 Å². The summed E-state index contributed by atoms with van der Waals surface area (Å²) in [5, 5.41) is 2.92. The molecule has 0 aliphatic heterocycles. The fourth-order valence-electron chi connectivity index (χ4n) is 5.09. The zero-order valence-electron chi connectivity index (χ0n) is 18.5. The fraction of sp³-hybridized carbons (Fsp3) is 0.538. The molecule has 162 valence electrons. The maximum absolute atomic E-state index is 5.93. The topological polar surface area (TPSA) is 18.5 Å². The Hall–Kier alpha value is -1.10. The molecule has 0 saturated heterocycles. The number of hydrogen-bond donors (Lipinski definition) is 0. The van der Waals surface area contributed by atoms with E-state index in [0.717, 1.165) is 40.0 Å². The lowest BCUT2D eigenvalue weighted by Gasteiger charge is -2.26. The summed E-state index contributed by atoms with van der Waals surface area (Å²) in [4.78, 5) is 0. The van der Waals surface area contributed by atoms with E-state index < -0.39 is 0 Å². The van der Waals surface area contributed by atoms with Gasteiger partial charge in [-0.3, -0.25) is 0 Å². The van der Waals surface area contributed by atoms with Crippen molar-refractivity contribution in [2.75, 3.05) is 14.2 Å². The highest BCUT2D eigenvalue weighted by atomic mass is 31.1. The summed E-state index contributed by atoms with van der Waals surface area (Å²) >= 11 is 0. The molecule has 2 fully saturated rings. The summed E-state index contributed by atoms with van der Waals surface area (Å²) in [6, 6.07) is 13.3. The lowest BCUT2D eigenvalue weighted by atomic mass is 10.0. The molecule has 0 N–H and O–H groups in total. The highest BCUT2D eigenvalue weighted by Crippen LogP contribution is 2.43. The highest BCUT2D eigenvalue weighted by molar-refractivity contribution is 7.49. The predicted octanol–water partition coefficient (Wildman–Crippen LogP) is 6.64. The van der Waals surface area contributed by atoms with E-state index in [4.69, 9.17) is 9.47 Å². The minimum atomic E-state index is 0.823. The van der Waals surface area contributed by atoms with Crippen LogP contribution in [0, 0.1) is 0 Å². The number of hydrogen-bond acceptors (Lipinski definition) is 2. The van der Waals surface area contributed by atoms with Crippen LogP contribution in [0.5, 0.6) is 11.5 Å². The average molecular weight is 443 g/mol. The fourth-order valence-corrected chi connectivity index (χ4v) is 8.54. The van der Waals surface area contributed by atoms with E-state index >= 15 is 0 Å². The van der Waals surface area contributed by atoms with Gasteiger partial charge in [0.2, 0.25) is 0 Å². The van der Waals surface area contributed by atoms with Crippen molar-refractivity contribution in [2.45, 2.75) is 75.5 Å². The van der Waals surface area contributed by atoms with Gasteiger partial charge in [0.1, 0.15) is 11.5 Å². The summed E-state index contributed by atoms with van der Waals surface area (Å²) < 4.78 is 11.9. The van der Waals surface area contributed by atoms with Crippen LogP contribution in [0.15, 0.2) is 36.4 Å². The van der Waals surface area contributed by atoms with Crippen LogP contribution in [0.3, 0.4) is 0 Å². The van der Waals surface area contributed by atoms with E-state index in [1.165, 1.54) is 85.9 Å². The van der Waals surface area contributed by atoms with Crippen molar-refractivity contribution in [1.82, 2.24) is 0 Å². The molecule has 0 bridgehead atoms. The summed E-state index contributed by atoms with van der Waals surface area (Å²) in [5.41, 5.74) is 4.23. The molecule has 2 atom stereocenters. The van der Waals surface area contributed by atoms with Crippen LogP contribution in [0.25, 0.3) is 11.1 Å². The number of rotatable bonds is 7. The third kappa shape index (κ3) is 5.20. The number of methoxy groups -OCH3 is 2. The molecule has 2 saturated carbocycles. The molecule has 0 radical (unpaired) electrons. The third-order valence-electron chi connectivity index (χ3n) is 6.67. The van der Waals surface area contributed by atoms with Crippen molar-refractivity contribution < 1.29 is 9.47 Å². The van der Waals surface area contributed by atoms with Gasteiger partial charge in [0.25, 0.3) is 0 Å². The van der Waals surface area contributed by atoms with Crippen molar-refractivity contribution in [2.24, 2.45) is 0 Å². The lowest BCUT2D eigenvalue weighted by Crippen LogP contribution is -2.17. The van der Waals surface area contributed by atoms with E-state index in [-0.39, 0.29) is 0 Å². The summed E-state index contributed by atoms with van der Waals surface area (Å²) in [6.45, 7) is 0. The second kappa shape index (κ2) is 11.0. The largest absolute Gasteiger partial charge is 0.496 e. The van der Waals surface area contributed by atoms with Crippen LogP contribution in [0.2, 0.25) is 0 Å². The summed E-state index contributed by atoms with van der Waals surface area (Å²) in [5.74, 6) is 1.99. The van der Waals surface area contributed by atoms with Crippen LogP contribution in [0.4, 0.5) is 0 Å². The molecular formula is C26H36O2P2. The van der Waals surface area contributed by atoms with Crippen LogP contribution in [-0.4, -0.2) is 25.5 Å². The second-order valence-corrected chi connectivity index (χ2v) is 12.0. The Bertz CT molecular complexity index is 754. The summed E-state index contributed by atoms with van der Waals surface area (Å²) in [6.07, 6.45) is 13.9. The van der Waals surface area contributed by atoms with Crippen LogP contribution < -0.4 is 20.1 Å². The first-order valence-electron chi connectivity index (χ1n) is 11.7. The minimum absolute atomic E-state index is 0.823. The van der Waals surface area contributed by atoms with Gasteiger partial charge in [-0.05, 0) is 59.7 Å². The molecule has 0 aromatic heterocycles. The smallest absolute Gasteiger partial charge is 0.127 e. The molecule has 4 rings (SSSR count). The van der Waals surface area contributed by atoms with Crippen LogP contribution in [0.1, 0.15) is 64.2 Å². The van der Waals surface area contributed by atoms with E-state index in [1.54, 1.807) is 0 Å². The number of benzene rings is 2. The molecule has 2 nitrogen and oxygen atoms in total. The van der Waals surface area contributed by atoms with E-state index in [9.17, 15) is 0 Å². The zero-order valence-corrected chi connectivity index (χ0v) is 20.5. The summed E-state index contributed by atoms with van der Waals surface area (Å²) in [7, 11) is 5.31. The Morgan fingerprint density at radius 1 is 0.600 bits per heavy atom. The van der Waals surface area contributed by atoms with Crippen molar-refractivity contribution in [1.29, 1.82) is 0 Å². The second-order valence-electron chi connectivity index (χ2n) is 8.72. The van der Waals surface area contributed by atoms with Gasteiger partial charge in [0.05, 0.1) is 14.2 Å². The van der Waals surface area contributed by atoms with Crippen molar-refractivity contribution in [3.63, 3.8) is 0 Å². The molecule has 0 amide bonds. The average Bonchev–Trinajstić information content (AvgIpc) is 2.80. The molecule has 2 aliphatic rings. The Balaban J connectivity index is 1.76. The molecular weight excluding hydrogens is 406 g/mol. The quantitative estimate of drug-likeness (QED) is 0.447. The van der Waals surface area contributed by atoms with Crippen molar-refractivity contribution >= 4 is 27.8 Å².